The number of hydrogen-bond donors (Lipinski definition) is 0. The van der Waals surface area contributed by atoms with Gasteiger partial charge in [0, 0.05) is 18.0 Å². The molecule has 0 unspecified atom stereocenters. The predicted molar refractivity (Wildman–Crippen MR) is 163 cm³/mol. The van der Waals surface area contributed by atoms with Gasteiger partial charge in [0.15, 0.2) is 5.82 Å². The number of benzene rings is 1. The molecule has 0 bridgehead atoms. The van der Waals surface area contributed by atoms with Crippen LogP contribution < -0.4 is 4.74 Å². The van der Waals surface area contributed by atoms with Gasteiger partial charge in [-0.2, -0.15) is 0 Å². The topological polar surface area (TPSA) is 35.0 Å². The second-order valence-corrected chi connectivity index (χ2v) is 11.9. The molecule has 3 rings (SSSR count). The monoisotopic (exact) mass is 520 g/mol. The van der Waals surface area contributed by atoms with Crippen molar-refractivity contribution < 1.29 is 4.74 Å². The first kappa shape index (κ1) is 30.6. The fraction of sp³-hybridized carbons (Fsp3) is 0.714. The summed E-state index contributed by atoms with van der Waals surface area (Å²) < 4.78 is 5.95. The molecule has 1 aromatic carbocycles. The van der Waals surface area contributed by atoms with E-state index in [1.165, 1.54) is 121 Å². The number of nitrogens with zero attached hydrogens (tertiary/aromatic N) is 2. The summed E-state index contributed by atoms with van der Waals surface area (Å²) in [5.41, 5.74) is 2.33. The zero-order valence-corrected chi connectivity index (χ0v) is 24.8. The maximum absolute atomic E-state index is 5.95. The Morgan fingerprint density at radius 1 is 0.632 bits per heavy atom. The van der Waals surface area contributed by atoms with Gasteiger partial charge in [0.2, 0.25) is 0 Å². The molecule has 2 aromatic rings. The van der Waals surface area contributed by atoms with Gasteiger partial charge in [-0.1, -0.05) is 123 Å². The largest absolute Gasteiger partial charge is 0.494 e. The first-order valence-corrected chi connectivity index (χ1v) is 16.3. The Morgan fingerprint density at radius 2 is 1.16 bits per heavy atom. The summed E-state index contributed by atoms with van der Waals surface area (Å²) >= 11 is 0. The molecule has 3 nitrogen and oxygen atoms in total. The molecule has 3 heteroatoms. The van der Waals surface area contributed by atoms with Crippen molar-refractivity contribution in [3.8, 4) is 17.1 Å². The third kappa shape index (κ3) is 12.3. The molecule has 1 fully saturated rings. The molecule has 0 saturated heterocycles. The van der Waals surface area contributed by atoms with E-state index < -0.39 is 0 Å². The third-order valence-electron chi connectivity index (χ3n) is 8.61. The lowest BCUT2D eigenvalue weighted by molar-refractivity contribution is 0.248. The summed E-state index contributed by atoms with van der Waals surface area (Å²) in [6.45, 7) is 5.38. The third-order valence-corrected chi connectivity index (χ3v) is 8.61. The summed E-state index contributed by atoms with van der Waals surface area (Å²) in [5, 5.41) is 0. The minimum Gasteiger partial charge on any atom is -0.494 e. The highest BCUT2D eigenvalue weighted by molar-refractivity contribution is 5.55. The zero-order valence-electron chi connectivity index (χ0n) is 24.8. The minimum atomic E-state index is 0.806. The molecule has 212 valence electrons. The molecule has 0 radical (unpaired) electrons. The number of hydrogen-bond acceptors (Lipinski definition) is 3. The van der Waals surface area contributed by atoms with Crippen molar-refractivity contribution in [2.75, 3.05) is 6.61 Å². The maximum Gasteiger partial charge on any atom is 0.159 e. The van der Waals surface area contributed by atoms with Crippen molar-refractivity contribution in [2.24, 2.45) is 11.8 Å². The van der Waals surface area contributed by atoms with E-state index in [9.17, 15) is 0 Å². The Morgan fingerprint density at radius 3 is 1.76 bits per heavy atom. The van der Waals surface area contributed by atoms with Crippen LogP contribution in [0.15, 0.2) is 36.7 Å². The van der Waals surface area contributed by atoms with Gasteiger partial charge >= 0.3 is 0 Å². The van der Waals surface area contributed by atoms with Crippen LogP contribution in [0.4, 0.5) is 0 Å². The van der Waals surface area contributed by atoms with E-state index in [-0.39, 0.29) is 0 Å². The zero-order chi connectivity index (χ0) is 26.7. The molecule has 1 aliphatic rings. The van der Waals surface area contributed by atoms with Crippen LogP contribution >= 0.6 is 0 Å². The molecule has 1 aliphatic carbocycles. The second kappa shape index (κ2) is 19.2. The van der Waals surface area contributed by atoms with Gasteiger partial charge in [0.05, 0.1) is 6.61 Å². The SMILES string of the molecule is CCCCCCCCCCOc1ccc(-c2ncc(CCC3CCC(CCCCCCC)CC3)cn2)cc1. The van der Waals surface area contributed by atoms with Crippen LogP contribution in [0.25, 0.3) is 11.4 Å². The van der Waals surface area contributed by atoms with E-state index in [2.05, 4.69) is 48.1 Å². The molecular formula is C35H56N2O. The molecule has 38 heavy (non-hydrogen) atoms. The lowest BCUT2D eigenvalue weighted by atomic mass is 9.78. The summed E-state index contributed by atoms with van der Waals surface area (Å²) in [7, 11) is 0. The number of ether oxygens (including phenoxy) is 1. The Labute approximate surface area is 234 Å². The van der Waals surface area contributed by atoms with E-state index in [1.54, 1.807) is 0 Å². The van der Waals surface area contributed by atoms with Crippen molar-refractivity contribution in [1.29, 1.82) is 0 Å². The first-order valence-electron chi connectivity index (χ1n) is 16.3. The molecule has 0 N–H and O–H groups in total. The fourth-order valence-corrected chi connectivity index (χ4v) is 5.98. The van der Waals surface area contributed by atoms with Crippen LogP contribution in [-0.2, 0) is 6.42 Å². The molecule has 1 saturated carbocycles. The Hall–Kier alpha value is -1.90. The summed E-state index contributed by atoms with van der Waals surface area (Å²) in [6.07, 6.45) is 31.4. The van der Waals surface area contributed by atoms with E-state index in [4.69, 9.17) is 4.74 Å². The minimum absolute atomic E-state index is 0.806. The van der Waals surface area contributed by atoms with E-state index in [1.807, 2.05) is 12.4 Å². The number of aromatic nitrogens is 2. The summed E-state index contributed by atoms with van der Waals surface area (Å²) in [4.78, 5) is 9.36. The van der Waals surface area contributed by atoms with Crippen molar-refractivity contribution in [2.45, 2.75) is 142 Å². The van der Waals surface area contributed by atoms with Crippen LogP contribution in [-0.4, -0.2) is 16.6 Å². The Balaban J connectivity index is 1.28. The predicted octanol–water partition coefficient (Wildman–Crippen LogP) is 10.8. The van der Waals surface area contributed by atoms with Gasteiger partial charge < -0.3 is 4.74 Å². The molecule has 1 heterocycles. The van der Waals surface area contributed by atoms with Crippen LogP contribution in [0, 0.1) is 11.8 Å². The normalized spacial score (nSPS) is 17.5. The van der Waals surface area contributed by atoms with Gasteiger partial charge in [-0.15, -0.1) is 0 Å². The van der Waals surface area contributed by atoms with Gasteiger partial charge in [-0.25, -0.2) is 9.97 Å². The number of rotatable bonds is 20. The van der Waals surface area contributed by atoms with Crippen molar-refractivity contribution >= 4 is 0 Å². The number of aryl methyl sites for hydroxylation is 1. The highest BCUT2D eigenvalue weighted by atomic mass is 16.5. The molecular weight excluding hydrogens is 464 g/mol. The van der Waals surface area contributed by atoms with Crippen molar-refractivity contribution in [1.82, 2.24) is 9.97 Å². The molecule has 0 spiro atoms. The average Bonchev–Trinajstić information content (AvgIpc) is 2.96. The van der Waals surface area contributed by atoms with Gasteiger partial charge in [-0.3, -0.25) is 0 Å². The van der Waals surface area contributed by atoms with E-state index in [0.29, 0.717) is 0 Å². The Bertz CT molecular complexity index is 824. The summed E-state index contributed by atoms with van der Waals surface area (Å²) in [6, 6.07) is 8.28. The van der Waals surface area contributed by atoms with Crippen LogP contribution in [0.3, 0.4) is 0 Å². The van der Waals surface area contributed by atoms with Gasteiger partial charge in [0.25, 0.3) is 0 Å². The molecule has 0 aliphatic heterocycles. The molecule has 1 aromatic heterocycles. The smallest absolute Gasteiger partial charge is 0.159 e. The Kier molecular flexibility index (Phi) is 15.5. The van der Waals surface area contributed by atoms with Crippen LogP contribution in [0.5, 0.6) is 5.75 Å². The highest BCUT2D eigenvalue weighted by Crippen LogP contribution is 2.34. The van der Waals surface area contributed by atoms with E-state index in [0.717, 1.165) is 48.4 Å². The van der Waals surface area contributed by atoms with Crippen molar-refractivity contribution in [3.05, 3.63) is 42.2 Å². The second-order valence-electron chi connectivity index (χ2n) is 11.9. The molecule has 0 amide bonds. The first-order chi connectivity index (χ1) is 18.8. The van der Waals surface area contributed by atoms with E-state index >= 15 is 0 Å². The highest BCUT2D eigenvalue weighted by Gasteiger charge is 2.20. The van der Waals surface area contributed by atoms with Crippen LogP contribution in [0.2, 0.25) is 0 Å². The quantitative estimate of drug-likeness (QED) is 0.163. The fourth-order valence-electron chi connectivity index (χ4n) is 5.98. The molecule has 0 atom stereocenters. The van der Waals surface area contributed by atoms with Gasteiger partial charge in [0.1, 0.15) is 5.75 Å². The number of unbranched alkanes of at least 4 members (excludes halogenated alkanes) is 11. The standard InChI is InChI=1S/C35H56N2O/c1-3-5-7-9-10-11-13-15-27-38-34-25-23-33(24-26-34)35-36-28-32(29-37-35)22-21-31-19-17-30(18-20-31)16-14-12-8-6-4-2/h23-26,28-31H,3-22,27H2,1-2H3. The summed E-state index contributed by atoms with van der Waals surface area (Å²) in [5.74, 6) is 3.64. The van der Waals surface area contributed by atoms with Crippen molar-refractivity contribution in [3.63, 3.8) is 0 Å². The lowest BCUT2D eigenvalue weighted by Gasteiger charge is -2.28. The van der Waals surface area contributed by atoms with Gasteiger partial charge in [-0.05, 0) is 60.9 Å². The lowest BCUT2D eigenvalue weighted by Crippen LogP contribution is -2.15. The maximum atomic E-state index is 5.95. The average molecular weight is 521 g/mol. The van der Waals surface area contributed by atoms with Crippen LogP contribution in [0.1, 0.15) is 141 Å².